The van der Waals surface area contributed by atoms with Gasteiger partial charge in [-0.25, -0.2) is 13.8 Å². The minimum atomic E-state index is -0.692. The fourth-order valence-electron chi connectivity index (χ4n) is 4.47. The molecule has 192 valence electrons. The molecule has 1 aliphatic carbocycles. The van der Waals surface area contributed by atoms with Gasteiger partial charge in [0.2, 0.25) is 5.69 Å². The van der Waals surface area contributed by atoms with E-state index in [1.807, 2.05) is 0 Å². The number of hydrogen-bond acceptors (Lipinski definition) is 7. The molecule has 0 bridgehead atoms. The highest BCUT2D eigenvalue weighted by molar-refractivity contribution is 6.31. The predicted octanol–water partition coefficient (Wildman–Crippen LogP) is 4.12. The third-order valence-corrected chi connectivity index (χ3v) is 6.91. The summed E-state index contributed by atoms with van der Waals surface area (Å²) < 4.78 is 32.9. The molecule has 1 atom stereocenters. The fraction of sp³-hybridized carbons (Fsp3) is 0.200. The number of rotatable bonds is 7. The van der Waals surface area contributed by atoms with Crippen LogP contribution < -0.4 is 10.5 Å². The van der Waals surface area contributed by atoms with Crippen molar-refractivity contribution in [3.63, 3.8) is 0 Å². The Balaban J connectivity index is 1.39. The highest BCUT2D eigenvalue weighted by Gasteiger charge is 2.32. The van der Waals surface area contributed by atoms with Gasteiger partial charge in [-0.15, -0.1) is 5.10 Å². The molecule has 5 aromatic rings. The first-order valence-corrected chi connectivity index (χ1v) is 12.2. The maximum atomic E-state index is 15.2. The molecular weight excluding hydrogens is 516 g/mol. The Bertz CT molecular complexity index is 1640. The lowest BCUT2D eigenvalue weighted by atomic mass is 10.0. The summed E-state index contributed by atoms with van der Waals surface area (Å²) in [5, 5.41) is 28.8. The summed E-state index contributed by atoms with van der Waals surface area (Å²) in [6.07, 6.45) is 10.3. The number of halogens is 3. The molecule has 13 heteroatoms. The topological polar surface area (TPSA) is 127 Å². The lowest BCUT2D eigenvalue weighted by Crippen LogP contribution is -2.35. The molecule has 1 aromatic carbocycles. The second-order valence-electron chi connectivity index (χ2n) is 9.17. The Labute approximate surface area is 219 Å². The van der Waals surface area contributed by atoms with E-state index >= 15 is 4.39 Å². The molecule has 1 unspecified atom stereocenters. The first kappa shape index (κ1) is 23.9. The summed E-state index contributed by atoms with van der Waals surface area (Å²) in [6, 6.07) is 7.21. The van der Waals surface area contributed by atoms with Crippen LogP contribution in [0.3, 0.4) is 0 Å². The zero-order valence-corrected chi connectivity index (χ0v) is 20.5. The van der Waals surface area contributed by atoms with E-state index in [4.69, 9.17) is 17.3 Å². The van der Waals surface area contributed by atoms with Crippen LogP contribution in [-0.2, 0) is 0 Å². The van der Waals surface area contributed by atoms with Crippen molar-refractivity contribution < 1.29 is 13.5 Å². The highest BCUT2D eigenvalue weighted by atomic mass is 35.5. The summed E-state index contributed by atoms with van der Waals surface area (Å²) in [6.45, 7) is 0. The van der Waals surface area contributed by atoms with Crippen LogP contribution in [-0.4, -0.2) is 35.0 Å². The normalized spacial score (nSPS) is 14.1. The highest BCUT2D eigenvalue weighted by Crippen LogP contribution is 2.39. The van der Waals surface area contributed by atoms with Gasteiger partial charge < -0.3 is 10.9 Å². The Morgan fingerprint density at radius 1 is 1.13 bits per heavy atom. The maximum Gasteiger partial charge on any atom is 0.217 e. The van der Waals surface area contributed by atoms with Crippen molar-refractivity contribution in [2.24, 2.45) is 5.92 Å². The van der Waals surface area contributed by atoms with E-state index in [9.17, 15) is 9.60 Å². The van der Waals surface area contributed by atoms with Crippen LogP contribution in [0.25, 0.3) is 27.9 Å². The number of nitrogen functional groups attached to an aromatic ring is 1. The molecule has 0 spiro atoms. The average Bonchev–Trinajstić information content (AvgIpc) is 3.34. The van der Waals surface area contributed by atoms with Gasteiger partial charge in [-0.2, -0.15) is 14.5 Å². The van der Waals surface area contributed by atoms with Crippen molar-refractivity contribution in [1.29, 1.82) is 0 Å². The summed E-state index contributed by atoms with van der Waals surface area (Å²) in [5.41, 5.74) is 7.83. The molecule has 1 aliphatic rings. The third kappa shape index (κ3) is 4.43. The van der Waals surface area contributed by atoms with Gasteiger partial charge in [0.05, 0.1) is 28.0 Å². The van der Waals surface area contributed by atoms with Crippen molar-refractivity contribution >= 4 is 17.4 Å². The van der Waals surface area contributed by atoms with Crippen molar-refractivity contribution in [2.75, 3.05) is 5.73 Å². The summed E-state index contributed by atoms with van der Waals surface area (Å²) in [5.74, 6) is -1.03. The van der Waals surface area contributed by atoms with Gasteiger partial charge in [-0.05, 0) is 47.0 Å². The quantitative estimate of drug-likeness (QED) is 0.245. The Morgan fingerprint density at radius 2 is 1.97 bits per heavy atom. The summed E-state index contributed by atoms with van der Waals surface area (Å²) >= 11 is 6.07. The number of nitrogens with zero attached hydrogens (tertiary/aromatic N) is 8. The van der Waals surface area contributed by atoms with Crippen molar-refractivity contribution in [2.45, 2.75) is 25.3 Å². The van der Waals surface area contributed by atoms with Crippen molar-refractivity contribution in [1.82, 2.24) is 35.0 Å². The molecule has 6 rings (SSSR count). The van der Waals surface area contributed by atoms with Crippen LogP contribution in [0.1, 0.15) is 31.0 Å². The van der Waals surface area contributed by atoms with Crippen molar-refractivity contribution in [3.05, 3.63) is 89.0 Å². The van der Waals surface area contributed by atoms with E-state index in [-0.39, 0.29) is 16.4 Å². The predicted molar refractivity (Wildman–Crippen MR) is 134 cm³/mol. The second kappa shape index (κ2) is 9.45. The molecule has 38 heavy (non-hydrogen) atoms. The number of tetrazole rings is 1. The van der Waals surface area contributed by atoms with Crippen LogP contribution in [0, 0.1) is 22.8 Å². The molecule has 0 amide bonds. The van der Waals surface area contributed by atoms with Gasteiger partial charge in [0, 0.05) is 29.6 Å². The van der Waals surface area contributed by atoms with Crippen LogP contribution in [0.5, 0.6) is 0 Å². The molecule has 4 heterocycles. The molecule has 0 aliphatic heterocycles. The molecule has 10 nitrogen and oxygen atoms in total. The van der Waals surface area contributed by atoms with E-state index < -0.39 is 17.7 Å². The summed E-state index contributed by atoms with van der Waals surface area (Å²) in [7, 11) is 0. The van der Waals surface area contributed by atoms with E-state index in [1.54, 1.807) is 35.3 Å². The van der Waals surface area contributed by atoms with Crippen LogP contribution in [0.4, 0.5) is 14.6 Å². The molecule has 1 fully saturated rings. The number of hydrogen-bond donors (Lipinski definition) is 1. The van der Waals surface area contributed by atoms with Gasteiger partial charge in [-0.3, -0.25) is 4.68 Å². The van der Waals surface area contributed by atoms with E-state index in [1.165, 1.54) is 35.5 Å². The second-order valence-corrected chi connectivity index (χ2v) is 9.58. The number of pyridine rings is 2. The standard InChI is InChI=1S/C25H20ClF2N9O/c26-18-4-6-21(36-13-31-33-34-36)23(24(18)28)15-3-5-20(37(38)12-15)22(7-14-1-2-14)35-11-17(10-32-35)16-8-19(27)25(29)30-9-16/h3-6,8-14,22H,1-2,7H2,(H2,29,30). The third-order valence-electron chi connectivity index (χ3n) is 6.62. The molecular formula is C25H20ClF2N9O. The van der Waals surface area contributed by atoms with Crippen molar-refractivity contribution in [3.8, 4) is 27.9 Å². The molecule has 2 N–H and O–H groups in total. The largest absolute Gasteiger partial charge is 0.618 e. The smallest absolute Gasteiger partial charge is 0.217 e. The lowest BCUT2D eigenvalue weighted by Gasteiger charge is -2.18. The van der Waals surface area contributed by atoms with E-state index in [0.29, 0.717) is 40.4 Å². The van der Waals surface area contributed by atoms with Gasteiger partial charge in [0.1, 0.15) is 12.4 Å². The minimum absolute atomic E-state index is 0.0948. The van der Waals surface area contributed by atoms with Gasteiger partial charge in [0.25, 0.3) is 0 Å². The van der Waals surface area contributed by atoms with Gasteiger partial charge in [0.15, 0.2) is 23.6 Å². The Hall–Kier alpha value is -4.45. The monoisotopic (exact) mass is 535 g/mol. The summed E-state index contributed by atoms with van der Waals surface area (Å²) in [4.78, 5) is 3.87. The lowest BCUT2D eigenvalue weighted by molar-refractivity contribution is -0.615. The van der Waals surface area contributed by atoms with Gasteiger partial charge >= 0.3 is 0 Å². The molecule has 0 radical (unpaired) electrons. The van der Waals surface area contributed by atoms with E-state index in [2.05, 4.69) is 25.6 Å². The number of nitrogens with two attached hydrogens (primary N) is 1. The zero-order valence-electron chi connectivity index (χ0n) is 19.7. The first-order chi connectivity index (χ1) is 18.4. The van der Waals surface area contributed by atoms with Crippen LogP contribution >= 0.6 is 11.6 Å². The average molecular weight is 536 g/mol. The Kier molecular flexibility index (Phi) is 5.95. The molecule has 1 saturated carbocycles. The SMILES string of the molecule is Nc1ncc(-c2cnn(C(CC3CC3)c3ccc(-c4c(-n5cnnn5)ccc(Cl)c4F)c[n+]3[O-])c2)cc1F. The maximum absolute atomic E-state index is 15.2. The van der Waals surface area contributed by atoms with Gasteiger partial charge in [-0.1, -0.05) is 24.4 Å². The Morgan fingerprint density at radius 3 is 2.68 bits per heavy atom. The number of anilines is 1. The zero-order chi connectivity index (χ0) is 26.4. The minimum Gasteiger partial charge on any atom is -0.618 e. The van der Waals surface area contributed by atoms with Crippen LogP contribution in [0.2, 0.25) is 5.02 Å². The van der Waals surface area contributed by atoms with E-state index in [0.717, 1.165) is 17.6 Å². The number of benzene rings is 1. The molecule has 0 saturated heterocycles. The first-order valence-electron chi connectivity index (χ1n) is 11.8. The fourth-order valence-corrected chi connectivity index (χ4v) is 4.63. The van der Waals surface area contributed by atoms with Crippen LogP contribution in [0.15, 0.2) is 61.4 Å². The molecule has 4 aromatic heterocycles. The number of aromatic nitrogens is 8.